The second kappa shape index (κ2) is 7.53. The van der Waals surface area contributed by atoms with Crippen molar-refractivity contribution in [3.63, 3.8) is 0 Å². The lowest BCUT2D eigenvalue weighted by atomic mass is 10.2. The molecule has 0 aromatic heterocycles. The van der Waals surface area contributed by atoms with E-state index < -0.39 is 0 Å². The summed E-state index contributed by atoms with van der Waals surface area (Å²) >= 11 is 0. The lowest BCUT2D eigenvalue weighted by Gasteiger charge is -2.23. The molecule has 0 bridgehead atoms. The smallest absolute Gasteiger partial charge is 0.0474 e. The van der Waals surface area contributed by atoms with Gasteiger partial charge in [-0.15, -0.1) is 0 Å². The predicted molar refractivity (Wildman–Crippen MR) is 52.3 cm³/mol. The van der Waals surface area contributed by atoms with Gasteiger partial charge in [0.2, 0.25) is 0 Å². The summed E-state index contributed by atoms with van der Waals surface area (Å²) in [6.45, 7) is 4.92. The molecular weight excluding hydrogens is 152 g/mol. The molecule has 74 valence electrons. The fourth-order valence-corrected chi connectivity index (χ4v) is 1.14. The normalized spacial score (nSPS) is 13.8. The van der Waals surface area contributed by atoms with Gasteiger partial charge in [0.05, 0.1) is 0 Å². The highest BCUT2D eigenvalue weighted by Crippen LogP contribution is 2.00. The minimum Gasteiger partial charge on any atom is -0.385 e. The minimum atomic E-state index is 0.590. The first-order valence-corrected chi connectivity index (χ1v) is 4.61. The molecule has 0 aliphatic carbocycles. The Balaban J connectivity index is 3.35. The number of methoxy groups -OCH3 is 1. The van der Waals surface area contributed by atoms with Crippen LogP contribution in [0.1, 0.15) is 19.8 Å². The molecule has 0 aromatic rings. The van der Waals surface area contributed by atoms with Gasteiger partial charge in [0.15, 0.2) is 0 Å². The quantitative estimate of drug-likeness (QED) is 0.577. The van der Waals surface area contributed by atoms with Gasteiger partial charge in [-0.25, -0.2) is 0 Å². The van der Waals surface area contributed by atoms with E-state index in [0.717, 1.165) is 32.5 Å². The van der Waals surface area contributed by atoms with E-state index in [2.05, 4.69) is 18.9 Å². The van der Waals surface area contributed by atoms with Crippen LogP contribution in [0.15, 0.2) is 0 Å². The number of rotatable bonds is 7. The SMILES string of the molecule is COCCCN(C)C(C)CCN. The lowest BCUT2D eigenvalue weighted by molar-refractivity contribution is 0.167. The van der Waals surface area contributed by atoms with Crippen molar-refractivity contribution < 1.29 is 4.74 Å². The van der Waals surface area contributed by atoms with E-state index in [1.54, 1.807) is 7.11 Å². The van der Waals surface area contributed by atoms with Crippen LogP contribution in [0.2, 0.25) is 0 Å². The van der Waals surface area contributed by atoms with Gasteiger partial charge in [0.1, 0.15) is 0 Å². The standard InChI is InChI=1S/C9H22N2O/c1-9(5-6-10)11(2)7-4-8-12-3/h9H,4-8,10H2,1-3H3. The molecule has 0 rings (SSSR count). The zero-order valence-corrected chi connectivity index (χ0v) is 8.55. The number of nitrogens with two attached hydrogens (primary N) is 1. The molecule has 0 aliphatic rings. The highest BCUT2D eigenvalue weighted by atomic mass is 16.5. The molecule has 0 spiro atoms. The molecule has 0 aromatic carbocycles. The number of ether oxygens (including phenoxy) is 1. The van der Waals surface area contributed by atoms with Crippen LogP contribution >= 0.6 is 0 Å². The number of hydrogen-bond donors (Lipinski definition) is 1. The summed E-state index contributed by atoms with van der Waals surface area (Å²) in [6.07, 6.45) is 2.17. The van der Waals surface area contributed by atoms with Crippen LogP contribution in [0.4, 0.5) is 0 Å². The van der Waals surface area contributed by atoms with Gasteiger partial charge < -0.3 is 15.4 Å². The van der Waals surface area contributed by atoms with Crippen molar-refractivity contribution in [2.45, 2.75) is 25.8 Å². The van der Waals surface area contributed by atoms with E-state index in [1.807, 2.05) is 0 Å². The van der Waals surface area contributed by atoms with Crippen molar-refractivity contribution in [1.82, 2.24) is 4.90 Å². The van der Waals surface area contributed by atoms with Crippen molar-refractivity contribution in [3.05, 3.63) is 0 Å². The molecule has 1 atom stereocenters. The fourth-order valence-electron chi connectivity index (χ4n) is 1.14. The van der Waals surface area contributed by atoms with Gasteiger partial charge >= 0.3 is 0 Å². The average Bonchev–Trinajstić information content (AvgIpc) is 2.05. The Kier molecular flexibility index (Phi) is 7.45. The fraction of sp³-hybridized carbons (Fsp3) is 1.00. The second-order valence-corrected chi connectivity index (χ2v) is 3.25. The topological polar surface area (TPSA) is 38.5 Å². The molecular formula is C9H22N2O. The summed E-state index contributed by atoms with van der Waals surface area (Å²) in [6, 6.07) is 0.590. The molecule has 3 heteroatoms. The maximum Gasteiger partial charge on any atom is 0.0474 e. The Morgan fingerprint density at radius 3 is 2.67 bits per heavy atom. The van der Waals surface area contributed by atoms with Gasteiger partial charge in [0, 0.05) is 26.3 Å². The summed E-state index contributed by atoms with van der Waals surface area (Å²) in [5.41, 5.74) is 5.47. The molecule has 0 saturated carbocycles. The zero-order chi connectivity index (χ0) is 9.40. The van der Waals surface area contributed by atoms with Crippen molar-refractivity contribution in [3.8, 4) is 0 Å². The van der Waals surface area contributed by atoms with E-state index in [9.17, 15) is 0 Å². The van der Waals surface area contributed by atoms with Gasteiger partial charge in [-0.2, -0.15) is 0 Å². The third kappa shape index (κ3) is 5.52. The van der Waals surface area contributed by atoms with E-state index >= 15 is 0 Å². The maximum atomic E-state index is 5.47. The maximum absolute atomic E-state index is 5.47. The molecule has 0 saturated heterocycles. The molecule has 12 heavy (non-hydrogen) atoms. The van der Waals surface area contributed by atoms with Crippen molar-refractivity contribution >= 4 is 0 Å². The van der Waals surface area contributed by atoms with E-state index in [0.29, 0.717) is 6.04 Å². The van der Waals surface area contributed by atoms with Crippen LogP contribution in [0, 0.1) is 0 Å². The van der Waals surface area contributed by atoms with Gasteiger partial charge in [-0.3, -0.25) is 0 Å². The van der Waals surface area contributed by atoms with Crippen LogP contribution in [0.5, 0.6) is 0 Å². The van der Waals surface area contributed by atoms with Crippen LogP contribution in [0.25, 0.3) is 0 Å². The van der Waals surface area contributed by atoms with Crippen LogP contribution in [-0.2, 0) is 4.74 Å². The van der Waals surface area contributed by atoms with Crippen LogP contribution in [0.3, 0.4) is 0 Å². The first kappa shape index (κ1) is 11.9. The molecule has 1 unspecified atom stereocenters. The van der Waals surface area contributed by atoms with E-state index in [-0.39, 0.29) is 0 Å². The van der Waals surface area contributed by atoms with Crippen LogP contribution < -0.4 is 5.73 Å². The average molecular weight is 174 g/mol. The monoisotopic (exact) mass is 174 g/mol. The predicted octanol–water partition coefficient (Wildman–Crippen LogP) is 0.692. The molecule has 3 nitrogen and oxygen atoms in total. The minimum absolute atomic E-state index is 0.590. The number of hydrogen-bond acceptors (Lipinski definition) is 3. The van der Waals surface area contributed by atoms with E-state index in [4.69, 9.17) is 10.5 Å². The van der Waals surface area contributed by atoms with Gasteiger partial charge in [-0.1, -0.05) is 0 Å². The first-order chi connectivity index (χ1) is 5.72. The van der Waals surface area contributed by atoms with Crippen molar-refractivity contribution in [1.29, 1.82) is 0 Å². The summed E-state index contributed by atoms with van der Waals surface area (Å²) in [7, 11) is 3.87. The first-order valence-electron chi connectivity index (χ1n) is 4.61. The summed E-state index contributed by atoms with van der Waals surface area (Å²) < 4.78 is 4.98. The molecule has 0 heterocycles. The lowest BCUT2D eigenvalue weighted by Crippen LogP contribution is -2.32. The Hall–Kier alpha value is -0.120. The summed E-state index contributed by atoms with van der Waals surface area (Å²) in [4.78, 5) is 2.33. The van der Waals surface area contributed by atoms with Crippen molar-refractivity contribution in [2.75, 3.05) is 33.9 Å². The van der Waals surface area contributed by atoms with Crippen molar-refractivity contribution in [2.24, 2.45) is 5.73 Å². The van der Waals surface area contributed by atoms with Gasteiger partial charge in [0.25, 0.3) is 0 Å². The molecule has 0 aliphatic heterocycles. The highest BCUT2D eigenvalue weighted by Gasteiger charge is 2.06. The van der Waals surface area contributed by atoms with Crippen LogP contribution in [-0.4, -0.2) is 44.8 Å². The molecule has 0 amide bonds. The largest absolute Gasteiger partial charge is 0.385 e. The molecule has 0 radical (unpaired) electrons. The number of nitrogens with zero attached hydrogens (tertiary/aromatic N) is 1. The highest BCUT2D eigenvalue weighted by molar-refractivity contribution is 4.63. The Morgan fingerprint density at radius 1 is 1.50 bits per heavy atom. The summed E-state index contributed by atoms with van der Waals surface area (Å²) in [5.74, 6) is 0. The third-order valence-electron chi connectivity index (χ3n) is 2.20. The summed E-state index contributed by atoms with van der Waals surface area (Å²) in [5, 5.41) is 0. The molecule has 0 fully saturated rings. The Morgan fingerprint density at radius 2 is 2.17 bits per heavy atom. The third-order valence-corrected chi connectivity index (χ3v) is 2.20. The van der Waals surface area contributed by atoms with E-state index in [1.165, 1.54) is 0 Å². The Labute approximate surface area is 75.9 Å². The van der Waals surface area contributed by atoms with Gasteiger partial charge in [-0.05, 0) is 33.4 Å². The zero-order valence-electron chi connectivity index (χ0n) is 8.55. The Bertz CT molecular complexity index is 98.5. The second-order valence-electron chi connectivity index (χ2n) is 3.25. The molecule has 2 N–H and O–H groups in total.